The lowest BCUT2D eigenvalue weighted by Gasteiger charge is -2.20. The zero-order valence-corrected chi connectivity index (χ0v) is 25.0. The first-order chi connectivity index (χ1) is 21.9. The molecule has 0 radical (unpaired) electrons. The molecule has 1 aliphatic rings. The van der Waals surface area contributed by atoms with E-state index in [2.05, 4.69) is 158 Å². The van der Waals surface area contributed by atoms with Crippen LogP contribution < -0.4 is 0 Å². The van der Waals surface area contributed by atoms with Gasteiger partial charge in [0.2, 0.25) is 0 Å². The molecule has 0 atom stereocenters. The van der Waals surface area contributed by atoms with E-state index in [1.54, 1.807) is 0 Å². The van der Waals surface area contributed by atoms with Crippen molar-refractivity contribution in [1.29, 1.82) is 0 Å². The first-order valence-corrected chi connectivity index (χ1v) is 15.6. The SMILES string of the molecule is C.CC.c1ccc(-c2c3c(c(-c4ccccc4)c4ccccc24)-c2ccc(-c4ccc5ccccc5c4)c4cccc-3c24)cc1. The third-order valence-electron chi connectivity index (χ3n) is 8.98. The molecule has 0 nitrogen and oxygen atoms in total. The molecule has 8 aromatic rings. The van der Waals surface area contributed by atoms with E-state index in [1.807, 2.05) is 13.8 Å². The standard InChI is InChI=1S/C42H26.C2H6.CH4/c1-3-13-28(14-4-1)38-34-18-9-10-19-35(34)39(29-15-5-2-6-16-29)42-37-25-24-32(33-20-11-21-36(40(33)37)41(38)42)31-23-22-27-12-7-8-17-30(27)26-31;1-2;/h1-26H;1-2H3;1H4. The van der Waals surface area contributed by atoms with Crippen LogP contribution in [-0.2, 0) is 0 Å². The molecule has 0 fully saturated rings. The van der Waals surface area contributed by atoms with Crippen molar-refractivity contribution in [3.05, 3.63) is 158 Å². The Morgan fingerprint density at radius 1 is 0.311 bits per heavy atom. The summed E-state index contributed by atoms with van der Waals surface area (Å²) in [5, 5.41) is 7.78. The van der Waals surface area contributed by atoms with Gasteiger partial charge in [0.1, 0.15) is 0 Å². The zero-order chi connectivity index (χ0) is 29.6. The topological polar surface area (TPSA) is 0 Å². The van der Waals surface area contributed by atoms with Crippen LogP contribution in [0.15, 0.2) is 158 Å². The Labute approximate surface area is 266 Å². The van der Waals surface area contributed by atoms with Gasteiger partial charge in [0, 0.05) is 0 Å². The molecular formula is C45H36. The van der Waals surface area contributed by atoms with Crippen molar-refractivity contribution < 1.29 is 0 Å². The summed E-state index contributed by atoms with van der Waals surface area (Å²) in [4.78, 5) is 0. The molecule has 0 saturated heterocycles. The Morgan fingerprint density at radius 3 is 1.42 bits per heavy atom. The summed E-state index contributed by atoms with van der Waals surface area (Å²) in [5.74, 6) is 0. The monoisotopic (exact) mass is 576 g/mol. The molecule has 8 aromatic carbocycles. The third-order valence-corrected chi connectivity index (χ3v) is 8.98. The fourth-order valence-electron chi connectivity index (χ4n) is 7.22. The fraction of sp³-hybridized carbons (Fsp3) is 0.0667. The highest BCUT2D eigenvalue weighted by molar-refractivity contribution is 6.28. The summed E-state index contributed by atoms with van der Waals surface area (Å²) >= 11 is 0. The fourth-order valence-corrected chi connectivity index (χ4v) is 7.22. The van der Waals surface area contributed by atoms with Crippen molar-refractivity contribution in [3.63, 3.8) is 0 Å². The molecule has 0 spiro atoms. The molecule has 0 unspecified atom stereocenters. The van der Waals surface area contributed by atoms with Gasteiger partial charge in [0.05, 0.1) is 0 Å². The molecule has 1 aliphatic carbocycles. The predicted octanol–water partition coefficient (Wildman–Crippen LogP) is 13.5. The number of hydrogen-bond acceptors (Lipinski definition) is 0. The van der Waals surface area contributed by atoms with Crippen LogP contribution in [0.25, 0.3) is 88.0 Å². The molecule has 0 N–H and O–H groups in total. The lowest BCUT2D eigenvalue weighted by molar-refractivity contribution is 1.50. The summed E-state index contributed by atoms with van der Waals surface area (Å²) in [5.41, 5.74) is 13.0. The lowest BCUT2D eigenvalue weighted by Crippen LogP contribution is -1.93. The van der Waals surface area contributed by atoms with Crippen molar-refractivity contribution in [1.82, 2.24) is 0 Å². The second-order valence-corrected chi connectivity index (χ2v) is 11.2. The second-order valence-electron chi connectivity index (χ2n) is 11.2. The highest BCUT2D eigenvalue weighted by atomic mass is 14.3. The van der Waals surface area contributed by atoms with E-state index in [-0.39, 0.29) is 7.43 Å². The Bertz CT molecular complexity index is 2230. The maximum atomic E-state index is 2.37. The number of rotatable bonds is 3. The number of fused-ring (bicyclic) bond motifs is 5. The molecule has 45 heavy (non-hydrogen) atoms. The molecule has 0 aromatic heterocycles. The van der Waals surface area contributed by atoms with Gasteiger partial charge in [-0.15, -0.1) is 0 Å². The van der Waals surface area contributed by atoms with Gasteiger partial charge in [-0.25, -0.2) is 0 Å². The minimum absolute atomic E-state index is 0. The second kappa shape index (κ2) is 11.6. The molecule has 9 rings (SSSR count). The van der Waals surface area contributed by atoms with E-state index in [9.17, 15) is 0 Å². The maximum Gasteiger partial charge on any atom is -0.000741 e. The Morgan fingerprint density at radius 2 is 0.800 bits per heavy atom. The maximum absolute atomic E-state index is 2.37. The highest BCUT2D eigenvalue weighted by Gasteiger charge is 2.31. The lowest BCUT2D eigenvalue weighted by atomic mass is 9.82. The van der Waals surface area contributed by atoms with E-state index in [1.165, 1.54) is 88.0 Å². The van der Waals surface area contributed by atoms with Crippen LogP contribution in [0.5, 0.6) is 0 Å². The first-order valence-electron chi connectivity index (χ1n) is 15.6. The van der Waals surface area contributed by atoms with Crippen LogP contribution >= 0.6 is 0 Å². The summed E-state index contributed by atoms with van der Waals surface area (Å²) < 4.78 is 0. The average Bonchev–Trinajstić information content (AvgIpc) is 3.43. The predicted molar refractivity (Wildman–Crippen MR) is 198 cm³/mol. The molecular weight excluding hydrogens is 540 g/mol. The van der Waals surface area contributed by atoms with Crippen LogP contribution in [0.3, 0.4) is 0 Å². The normalized spacial score (nSPS) is 11.2. The third kappa shape index (κ3) is 4.37. The van der Waals surface area contributed by atoms with Crippen molar-refractivity contribution in [2.75, 3.05) is 0 Å². The van der Waals surface area contributed by atoms with Gasteiger partial charge in [-0.2, -0.15) is 0 Å². The smallest absolute Gasteiger partial charge is 0.000741 e. The molecule has 0 bridgehead atoms. The Balaban J connectivity index is 0.00000106. The van der Waals surface area contributed by atoms with Gasteiger partial charge < -0.3 is 0 Å². The van der Waals surface area contributed by atoms with E-state index in [4.69, 9.17) is 0 Å². The molecule has 216 valence electrons. The number of benzene rings is 8. The summed E-state index contributed by atoms with van der Waals surface area (Å²) in [7, 11) is 0. The average molecular weight is 577 g/mol. The van der Waals surface area contributed by atoms with Gasteiger partial charge in [-0.3, -0.25) is 0 Å². The van der Waals surface area contributed by atoms with Crippen LogP contribution in [0.4, 0.5) is 0 Å². The van der Waals surface area contributed by atoms with E-state index in [0.717, 1.165) is 0 Å². The highest BCUT2D eigenvalue weighted by Crippen LogP contribution is 2.58. The molecule has 0 aliphatic heterocycles. The van der Waals surface area contributed by atoms with Crippen molar-refractivity contribution >= 4 is 32.3 Å². The van der Waals surface area contributed by atoms with Crippen LogP contribution in [0, 0.1) is 0 Å². The molecule has 0 saturated carbocycles. The van der Waals surface area contributed by atoms with Crippen molar-refractivity contribution in [3.8, 4) is 55.6 Å². The van der Waals surface area contributed by atoms with Gasteiger partial charge in [0.15, 0.2) is 0 Å². The van der Waals surface area contributed by atoms with Gasteiger partial charge >= 0.3 is 0 Å². The summed E-state index contributed by atoms with van der Waals surface area (Å²) in [6.07, 6.45) is 0. The van der Waals surface area contributed by atoms with Crippen LogP contribution in [0.2, 0.25) is 0 Å². The molecule has 0 heteroatoms. The van der Waals surface area contributed by atoms with Crippen LogP contribution in [0.1, 0.15) is 21.3 Å². The molecule has 0 heterocycles. The van der Waals surface area contributed by atoms with Gasteiger partial charge in [0.25, 0.3) is 0 Å². The van der Waals surface area contributed by atoms with Gasteiger partial charge in [-0.05, 0) is 94.0 Å². The number of hydrogen-bond donors (Lipinski definition) is 0. The summed E-state index contributed by atoms with van der Waals surface area (Å²) in [6, 6.07) is 57.9. The molecule has 0 amide bonds. The van der Waals surface area contributed by atoms with Crippen LogP contribution in [-0.4, -0.2) is 0 Å². The van der Waals surface area contributed by atoms with Gasteiger partial charge in [-0.1, -0.05) is 173 Å². The quantitative estimate of drug-likeness (QED) is 0.196. The van der Waals surface area contributed by atoms with E-state index < -0.39 is 0 Å². The largest absolute Gasteiger partial charge is 0.0776 e. The minimum atomic E-state index is 0. The Kier molecular flexibility index (Phi) is 7.28. The van der Waals surface area contributed by atoms with E-state index in [0.29, 0.717) is 0 Å². The zero-order valence-electron chi connectivity index (χ0n) is 25.0. The summed E-state index contributed by atoms with van der Waals surface area (Å²) in [6.45, 7) is 4.00. The van der Waals surface area contributed by atoms with Crippen molar-refractivity contribution in [2.24, 2.45) is 0 Å². The minimum Gasteiger partial charge on any atom is -0.0776 e. The van der Waals surface area contributed by atoms with E-state index >= 15 is 0 Å². The first kappa shape index (κ1) is 28.3. The van der Waals surface area contributed by atoms with Crippen molar-refractivity contribution in [2.45, 2.75) is 21.3 Å². The Hall–Kier alpha value is -5.46.